The molecule has 2 amide bonds. The van der Waals surface area contributed by atoms with Crippen molar-refractivity contribution < 1.29 is 19.1 Å². The lowest BCUT2D eigenvalue weighted by Gasteiger charge is -2.51. The van der Waals surface area contributed by atoms with Gasteiger partial charge >= 0.3 is 0 Å². The Balaban J connectivity index is 1.39. The number of carbonyl (C=O) groups excluding carboxylic acids is 2. The van der Waals surface area contributed by atoms with Crippen molar-refractivity contribution in [3.63, 3.8) is 0 Å². The highest BCUT2D eigenvalue weighted by Gasteiger charge is 2.48. The molecule has 0 saturated carbocycles. The van der Waals surface area contributed by atoms with Crippen LogP contribution < -0.4 is 5.32 Å². The second kappa shape index (κ2) is 12.3. The summed E-state index contributed by atoms with van der Waals surface area (Å²) in [5.41, 5.74) is 0. The van der Waals surface area contributed by atoms with E-state index >= 15 is 0 Å². The van der Waals surface area contributed by atoms with Crippen molar-refractivity contribution in [1.29, 1.82) is 0 Å². The first-order chi connectivity index (χ1) is 17.6. The zero-order valence-electron chi connectivity index (χ0n) is 24.2. The highest BCUT2D eigenvalue weighted by molar-refractivity contribution is 5.90. The minimum Gasteiger partial charge on any atom is -0.349 e. The number of amides is 2. The number of likely N-dealkylation sites (tertiary alicyclic amines) is 2. The van der Waals surface area contributed by atoms with E-state index in [0.29, 0.717) is 56.1 Å². The van der Waals surface area contributed by atoms with E-state index in [1.165, 1.54) is 19.3 Å². The summed E-state index contributed by atoms with van der Waals surface area (Å²) >= 11 is 0. The molecule has 0 aromatic heterocycles. The fourth-order valence-corrected chi connectivity index (χ4v) is 7.01. The number of ether oxygens (including phenoxy) is 2. The van der Waals surface area contributed by atoms with Gasteiger partial charge in [0.15, 0.2) is 5.79 Å². The van der Waals surface area contributed by atoms with Gasteiger partial charge in [0.25, 0.3) is 0 Å². The number of carbonyl (C=O) groups is 2. The molecule has 0 aromatic carbocycles. The monoisotopic (exact) mass is 520 g/mol. The summed E-state index contributed by atoms with van der Waals surface area (Å²) in [5, 5.41) is 3.38. The van der Waals surface area contributed by atoms with Gasteiger partial charge in [-0.15, -0.1) is 0 Å². The van der Waals surface area contributed by atoms with E-state index in [-0.39, 0.29) is 23.9 Å². The second-order valence-electron chi connectivity index (χ2n) is 13.0. The summed E-state index contributed by atoms with van der Waals surface area (Å²) < 4.78 is 12.9. The Labute approximate surface area is 224 Å². The van der Waals surface area contributed by atoms with E-state index in [9.17, 15) is 9.59 Å². The maximum atomic E-state index is 14.0. The molecule has 0 aliphatic carbocycles. The van der Waals surface area contributed by atoms with Crippen LogP contribution in [0.1, 0.15) is 79.6 Å². The number of hydrogen-bond donors (Lipinski definition) is 1. The van der Waals surface area contributed by atoms with Crippen LogP contribution in [0.2, 0.25) is 0 Å². The summed E-state index contributed by atoms with van der Waals surface area (Å²) in [5.74, 6) is 0.753. The summed E-state index contributed by atoms with van der Waals surface area (Å²) in [6.07, 6.45) is 6.66. The van der Waals surface area contributed by atoms with Crippen LogP contribution in [0.3, 0.4) is 0 Å². The van der Waals surface area contributed by atoms with Gasteiger partial charge in [0.2, 0.25) is 11.8 Å². The zero-order chi connectivity index (χ0) is 26.7. The van der Waals surface area contributed by atoms with E-state index in [1.807, 2.05) is 9.80 Å². The summed E-state index contributed by atoms with van der Waals surface area (Å²) in [7, 11) is 2.22. The van der Waals surface area contributed by atoms with Crippen molar-refractivity contribution in [1.82, 2.24) is 20.0 Å². The first-order valence-corrected chi connectivity index (χ1v) is 14.9. The molecule has 4 saturated heterocycles. The van der Waals surface area contributed by atoms with Crippen LogP contribution in [-0.4, -0.2) is 103 Å². The van der Waals surface area contributed by atoms with Gasteiger partial charge < -0.3 is 29.5 Å². The van der Waals surface area contributed by atoms with Gasteiger partial charge in [-0.05, 0) is 58.0 Å². The molecule has 0 bridgehead atoms. The SMILES string of the molecule is CC(C)C[C@@H]1NCCN([C@@H](CC(C)C)C(=O)N2CCC3(C[C@@H]2C)OCC(C2CCCCN2C)CO3)C1=O. The number of piperidine rings is 2. The van der Waals surface area contributed by atoms with E-state index in [2.05, 4.69) is 51.9 Å². The first-order valence-electron chi connectivity index (χ1n) is 14.9. The lowest BCUT2D eigenvalue weighted by molar-refractivity contribution is -0.307. The van der Waals surface area contributed by atoms with Crippen molar-refractivity contribution >= 4 is 11.8 Å². The molecule has 212 valence electrons. The molecule has 37 heavy (non-hydrogen) atoms. The predicted octanol–water partition coefficient (Wildman–Crippen LogP) is 3.10. The maximum absolute atomic E-state index is 14.0. The standard InChI is InChI=1S/C29H52N4O4/c1-20(2)15-24-27(34)33(14-11-30-24)26(16-21(3)4)28(35)32-13-10-29(17-22(32)5)36-18-23(19-37-29)25-9-7-8-12-31(25)6/h20-26,30H,7-19H2,1-6H3/t22-,23?,24-,25?,26-,29?/m0/s1. The number of hydrogen-bond acceptors (Lipinski definition) is 6. The summed E-state index contributed by atoms with van der Waals surface area (Å²) in [4.78, 5) is 33.8. The minimum absolute atomic E-state index is 0.00861. The first kappa shape index (κ1) is 28.8. The third-order valence-corrected chi connectivity index (χ3v) is 9.03. The predicted molar refractivity (Wildman–Crippen MR) is 145 cm³/mol. The number of nitrogens with one attached hydrogen (secondary N) is 1. The fourth-order valence-electron chi connectivity index (χ4n) is 7.01. The van der Waals surface area contributed by atoms with Gasteiger partial charge in [0.1, 0.15) is 6.04 Å². The van der Waals surface area contributed by atoms with Gasteiger partial charge in [-0.2, -0.15) is 0 Å². The van der Waals surface area contributed by atoms with Crippen LogP contribution >= 0.6 is 0 Å². The molecular formula is C29H52N4O4. The van der Waals surface area contributed by atoms with Crippen molar-refractivity contribution in [2.24, 2.45) is 17.8 Å². The summed E-state index contributed by atoms with van der Waals surface area (Å²) in [6, 6.07) is -0.0500. The molecule has 1 unspecified atom stereocenters. The number of piperazine rings is 1. The largest absolute Gasteiger partial charge is 0.349 e. The minimum atomic E-state index is -0.583. The third-order valence-electron chi connectivity index (χ3n) is 9.03. The Morgan fingerprint density at radius 3 is 2.43 bits per heavy atom. The van der Waals surface area contributed by atoms with Gasteiger partial charge in [-0.25, -0.2) is 0 Å². The number of nitrogens with zero attached hydrogens (tertiary/aromatic N) is 3. The van der Waals surface area contributed by atoms with Crippen LogP contribution in [0.25, 0.3) is 0 Å². The van der Waals surface area contributed by atoms with Crippen LogP contribution in [0.5, 0.6) is 0 Å². The van der Waals surface area contributed by atoms with E-state index in [1.54, 1.807) is 0 Å². The molecule has 8 nitrogen and oxygen atoms in total. The van der Waals surface area contributed by atoms with E-state index < -0.39 is 11.8 Å². The lowest BCUT2D eigenvalue weighted by atomic mass is 9.89. The maximum Gasteiger partial charge on any atom is 0.245 e. The van der Waals surface area contributed by atoms with Crippen molar-refractivity contribution in [2.75, 3.05) is 46.4 Å². The van der Waals surface area contributed by atoms with Crippen molar-refractivity contribution in [2.45, 2.75) is 110 Å². The van der Waals surface area contributed by atoms with Gasteiger partial charge in [0.05, 0.1) is 19.3 Å². The second-order valence-corrected chi connectivity index (χ2v) is 13.0. The molecule has 1 spiro atoms. The van der Waals surface area contributed by atoms with Gasteiger partial charge in [-0.3, -0.25) is 9.59 Å². The molecule has 0 radical (unpaired) electrons. The topological polar surface area (TPSA) is 74.3 Å². The summed E-state index contributed by atoms with van der Waals surface area (Å²) in [6.45, 7) is 15.2. The average Bonchev–Trinajstić information content (AvgIpc) is 2.84. The van der Waals surface area contributed by atoms with Gasteiger partial charge in [0, 0.05) is 50.5 Å². The molecule has 4 rings (SSSR count). The van der Waals surface area contributed by atoms with Crippen molar-refractivity contribution in [3.8, 4) is 0 Å². The molecule has 4 aliphatic heterocycles. The molecule has 4 atom stereocenters. The quantitative estimate of drug-likeness (QED) is 0.556. The van der Waals surface area contributed by atoms with E-state index in [0.717, 1.165) is 32.7 Å². The number of rotatable bonds is 7. The molecule has 4 aliphatic rings. The molecule has 4 heterocycles. The van der Waals surface area contributed by atoms with Crippen LogP contribution in [0.4, 0.5) is 0 Å². The van der Waals surface area contributed by atoms with Crippen LogP contribution in [-0.2, 0) is 19.1 Å². The highest BCUT2D eigenvalue weighted by atomic mass is 16.7. The van der Waals surface area contributed by atoms with Crippen LogP contribution in [0.15, 0.2) is 0 Å². The average molecular weight is 521 g/mol. The zero-order valence-corrected chi connectivity index (χ0v) is 24.2. The van der Waals surface area contributed by atoms with Crippen LogP contribution in [0, 0.1) is 17.8 Å². The Bertz CT molecular complexity index is 782. The Morgan fingerprint density at radius 1 is 1.08 bits per heavy atom. The normalized spacial score (nSPS) is 35.0. The van der Waals surface area contributed by atoms with E-state index in [4.69, 9.17) is 9.47 Å². The van der Waals surface area contributed by atoms with Crippen molar-refractivity contribution in [3.05, 3.63) is 0 Å². The highest BCUT2D eigenvalue weighted by Crippen LogP contribution is 2.38. The molecule has 8 heteroatoms. The molecular weight excluding hydrogens is 468 g/mol. The Kier molecular flexibility index (Phi) is 9.58. The lowest BCUT2D eigenvalue weighted by Crippen LogP contribution is -2.64. The molecule has 4 fully saturated rings. The fraction of sp³-hybridized carbons (Fsp3) is 0.931. The molecule has 1 N–H and O–H groups in total. The third kappa shape index (κ3) is 6.68. The van der Waals surface area contributed by atoms with Gasteiger partial charge in [-0.1, -0.05) is 34.1 Å². The molecule has 0 aromatic rings. The Morgan fingerprint density at radius 2 is 1.81 bits per heavy atom. The Hall–Kier alpha value is -1.22. The smallest absolute Gasteiger partial charge is 0.245 e.